The highest BCUT2D eigenvalue weighted by molar-refractivity contribution is 7.86. The molecule has 2 N–H and O–H groups in total. The Labute approximate surface area is 296 Å². The number of carbonyl (C=O) groups is 1. The van der Waals surface area contributed by atoms with Crippen LogP contribution >= 0.6 is 0 Å². The largest absolute Gasteiger partial charge is 0.488 e. The lowest BCUT2D eigenvalue weighted by molar-refractivity contribution is 0.103. The lowest BCUT2D eigenvalue weighted by atomic mass is 9.78. The maximum absolute atomic E-state index is 13.5. The van der Waals surface area contributed by atoms with Crippen LogP contribution in [-0.4, -0.2) is 37.3 Å². The molecule has 4 aromatic carbocycles. The van der Waals surface area contributed by atoms with Gasteiger partial charge in [-0.2, -0.15) is 16.8 Å². The van der Waals surface area contributed by atoms with Crippen molar-refractivity contribution in [1.82, 2.24) is 0 Å². The summed E-state index contributed by atoms with van der Waals surface area (Å²) in [6, 6.07) is 22.6. The number of ketones is 1. The Kier molecular flexibility index (Phi) is 11.1. The minimum absolute atomic E-state index is 0.0891. The summed E-state index contributed by atoms with van der Waals surface area (Å²) >= 11 is 0. The van der Waals surface area contributed by atoms with Gasteiger partial charge in [0.25, 0.3) is 20.2 Å². The van der Waals surface area contributed by atoms with Gasteiger partial charge in [0, 0.05) is 16.5 Å². The molecule has 268 valence electrons. The van der Waals surface area contributed by atoms with Gasteiger partial charge in [-0.15, -0.1) is 0 Å². The fraction of sp³-hybridized carbons (Fsp3) is 0.359. The standard InChI is InChI=1S/C39H46O9S2/c1-9-23-37(3,4)32-21-11-26(24-34(32)49(41,42)43)36(40)27-12-22-33(35(25-27)50(44,45)46)47-30-17-13-28(14-18-30)39(7,8)29-15-19-31(20-16-29)48-38(5,6)10-2/h11-22,24-25H,9-10,23H2,1-8H3,(H,41,42,43)(H,44,45,46). The van der Waals surface area contributed by atoms with Crippen molar-refractivity contribution < 1.29 is 40.2 Å². The van der Waals surface area contributed by atoms with Gasteiger partial charge in [-0.3, -0.25) is 13.9 Å². The minimum Gasteiger partial charge on any atom is -0.488 e. The van der Waals surface area contributed by atoms with Crippen molar-refractivity contribution in [3.05, 3.63) is 113 Å². The average molecular weight is 723 g/mol. The fourth-order valence-electron chi connectivity index (χ4n) is 5.86. The summed E-state index contributed by atoms with van der Waals surface area (Å²) in [5.41, 5.74) is 0.880. The molecular formula is C39H46O9S2. The van der Waals surface area contributed by atoms with Crippen molar-refractivity contribution in [2.24, 2.45) is 0 Å². The molecule has 0 aliphatic heterocycles. The Morgan fingerprint density at radius 1 is 0.660 bits per heavy atom. The molecule has 0 fully saturated rings. The van der Waals surface area contributed by atoms with Crippen LogP contribution in [0, 0.1) is 0 Å². The van der Waals surface area contributed by atoms with Crippen molar-refractivity contribution in [2.75, 3.05) is 0 Å². The van der Waals surface area contributed by atoms with Crippen LogP contribution in [0.2, 0.25) is 0 Å². The molecule has 0 bridgehead atoms. The van der Waals surface area contributed by atoms with Gasteiger partial charge in [0.2, 0.25) is 0 Å². The molecule has 0 saturated heterocycles. The summed E-state index contributed by atoms with van der Waals surface area (Å²) in [4.78, 5) is 12.5. The number of benzene rings is 4. The summed E-state index contributed by atoms with van der Waals surface area (Å²) in [7, 11) is -9.56. The van der Waals surface area contributed by atoms with Crippen molar-refractivity contribution in [1.29, 1.82) is 0 Å². The molecule has 0 aliphatic carbocycles. The molecule has 0 saturated carbocycles. The molecule has 4 rings (SSSR count). The summed E-state index contributed by atoms with van der Waals surface area (Å²) in [5, 5.41) is 0. The Hall–Kier alpha value is -4.03. The summed E-state index contributed by atoms with van der Waals surface area (Å²) in [6.45, 7) is 16.0. The third kappa shape index (κ3) is 8.81. The average Bonchev–Trinajstić information content (AvgIpc) is 3.04. The molecule has 11 heteroatoms. The molecule has 0 radical (unpaired) electrons. The number of carbonyl (C=O) groups excluding carboxylic acids is 1. The van der Waals surface area contributed by atoms with Gasteiger partial charge in [0.15, 0.2) is 5.78 Å². The van der Waals surface area contributed by atoms with E-state index in [1.807, 2.05) is 71.0 Å². The lowest BCUT2D eigenvalue weighted by Crippen LogP contribution is -2.26. The second kappa shape index (κ2) is 14.3. The Balaban J connectivity index is 1.61. The van der Waals surface area contributed by atoms with E-state index < -0.39 is 46.6 Å². The van der Waals surface area contributed by atoms with E-state index >= 15 is 0 Å². The van der Waals surface area contributed by atoms with Crippen LogP contribution in [0.1, 0.15) is 107 Å². The lowest BCUT2D eigenvalue weighted by Gasteiger charge is -2.28. The maximum Gasteiger partial charge on any atom is 0.298 e. The molecule has 0 aliphatic rings. The summed E-state index contributed by atoms with van der Waals surface area (Å²) in [5.74, 6) is 0.153. The van der Waals surface area contributed by atoms with Gasteiger partial charge in [-0.25, -0.2) is 0 Å². The highest BCUT2D eigenvalue weighted by Gasteiger charge is 2.30. The van der Waals surface area contributed by atoms with E-state index in [1.165, 1.54) is 24.3 Å². The van der Waals surface area contributed by atoms with Gasteiger partial charge in [0.1, 0.15) is 27.7 Å². The van der Waals surface area contributed by atoms with Gasteiger partial charge >= 0.3 is 0 Å². The molecule has 0 atom stereocenters. The molecule has 0 heterocycles. The Bertz CT molecular complexity index is 2080. The minimum atomic E-state index is -4.86. The first-order valence-corrected chi connectivity index (χ1v) is 19.3. The Morgan fingerprint density at radius 2 is 1.14 bits per heavy atom. The number of rotatable bonds is 14. The molecule has 50 heavy (non-hydrogen) atoms. The first-order chi connectivity index (χ1) is 23.1. The zero-order valence-corrected chi connectivity index (χ0v) is 31.4. The van der Waals surface area contributed by atoms with Gasteiger partial charge in [-0.1, -0.05) is 84.4 Å². The van der Waals surface area contributed by atoms with Crippen LogP contribution in [-0.2, 0) is 31.1 Å². The van der Waals surface area contributed by atoms with Crippen molar-refractivity contribution in [3.8, 4) is 17.2 Å². The van der Waals surface area contributed by atoms with E-state index in [4.69, 9.17) is 9.47 Å². The van der Waals surface area contributed by atoms with Crippen LogP contribution in [0.5, 0.6) is 17.2 Å². The number of ether oxygens (including phenoxy) is 2. The maximum atomic E-state index is 13.5. The van der Waals surface area contributed by atoms with E-state index in [-0.39, 0.29) is 22.5 Å². The van der Waals surface area contributed by atoms with E-state index in [0.717, 1.165) is 41.9 Å². The number of hydrogen-bond donors (Lipinski definition) is 2. The first kappa shape index (κ1) is 38.8. The normalized spacial score (nSPS) is 12.8. The smallest absolute Gasteiger partial charge is 0.298 e. The van der Waals surface area contributed by atoms with Crippen molar-refractivity contribution >= 4 is 26.0 Å². The predicted octanol–water partition coefficient (Wildman–Crippen LogP) is 9.17. The molecule has 4 aromatic rings. The molecule has 0 spiro atoms. The quantitative estimate of drug-likeness (QED) is 0.0961. The molecule has 9 nitrogen and oxygen atoms in total. The number of hydrogen-bond acceptors (Lipinski definition) is 7. The van der Waals surface area contributed by atoms with Gasteiger partial charge in [-0.05, 0) is 97.3 Å². The second-order valence-corrected chi connectivity index (χ2v) is 17.1. The monoisotopic (exact) mass is 722 g/mol. The molecular weight excluding hydrogens is 677 g/mol. The zero-order chi connectivity index (χ0) is 37.3. The van der Waals surface area contributed by atoms with E-state index in [1.54, 1.807) is 12.1 Å². The SMILES string of the molecule is CCCC(C)(C)c1ccc(C(=O)c2ccc(Oc3ccc(C(C)(C)c4ccc(OC(C)(C)CC)cc4)cc3)c(S(=O)(=O)O)c2)cc1S(=O)(=O)O. The van der Waals surface area contributed by atoms with E-state index in [0.29, 0.717) is 17.7 Å². The third-order valence-electron chi connectivity index (χ3n) is 9.24. The molecule has 0 amide bonds. The Morgan fingerprint density at radius 3 is 1.62 bits per heavy atom. The molecule has 0 unspecified atom stereocenters. The van der Waals surface area contributed by atoms with Crippen LogP contribution in [0.4, 0.5) is 0 Å². The zero-order valence-electron chi connectivity index (χ0n) is 29.8. The second-order valence-electron chi connectivity index (χ2n) is 14.3. The van der Waals surface area contributed by atoms with Gasteiger partial charge in [0.05, 0.1) is 4.90 Å². The summed E-state index contributed by atoms with van der Waals surface area (Å²) < 4.78 is 81.7. The third-order valence-corrected chi connectivity index (χ3v) is 11.0. The van der Waals surface area contributed by atoms with E-state index in [2.05, 4.69) is 20.8 Å². The van der Waals surface area contributed by atoms with Crippen LogP contribution in [0.15, 0.2) is 94.7 Å². The topological polar surface area (TPSA) is 144 Å². The highest BCUT2D eigenvalue weighted by Crippen LogP contribution is 2.37. The van der Waals surface area contributed by atoms with Crippen LogP contribution in [0.3, 0.4) is 0 Å². The first-order valence-electron chi connectivity index (χ1n) is 16.5. The highest BCUT2D eigenvalue weighted by atomic mass is 32.2. The van der Waals surface area contributed by atoms with Crippen molar-refractivity contribution in [3.63, 3.8) is 0 Å². The molecule has 0 aromatic heterocycles. The van der Waals surface area contributed by atoms with Crippen LogP contribution in [0.25, 0.3) is 0 Å². The predicted molar refractivity (Wildman–Crippen MR) is 194 cm³/mol. The van der Waals surface area contributed by atoms with Crippen molar-refractivity contribution in [2.45, 2.75) is 101 Å². The van der Waals surface area contributed by atoms with Crippen LogP contribution < -0.4 is 9.47 Å². The van der Waals surface area contributed by atoms with Gasteiger partial charge < -0.3 is 9.47 Å². The summed E-state index contributed by atoms with van der Waals surface area (Å²) in [6.07, 6.45) is 2.26. The fourth-order valence-corrected chi connectivity index (χ4v) is 7.40. The van der Waals surface area contributed by atoms with E-state index in [9.17, 15) is 30.7 Å².